The van der Waals surface area contributed by atoms with Gasteiger partial charge in [-0.05, 0) is 43.9 Å². The third-order valence-corrected chi connectivity index (χ3v) is 8.79. The van der Waals surface area contributed by atoms with Crippen molar-refractivity contribution in [2.24, 2.45) is 5.92 Å². The van der Waals surface area contributed by atoms with Gasteiger partial charge >= 0.3 is 0 Å². The van der Waals surface area contributed by atoms with E-state index in [4.69, 9.17) is 9.68 Å². The van der Waals surface area contributed by atoms with E-state index in [0.717, 1.165) is 69.1 Å². The van der Waals surface area contributed by atoms with Crippen molar-refractivity contribution in [1.29, 1.82) is 5.26 Å². The molecule has 2 aromatic heterocycles. The molecule has 204 valence electrons. The second-order valence-corrected chi connectivity index (χ2v) is 12.0. The Balaban J connectivity index is 0.000000186. The number of nitrogens with one attached hydrogen (secondary N) is 1. The standard InChI is InChI=1S/C18H16FN3O2S.C11H16N2O/c19-16-11-20-6-5-15(16)18-21-17(12-24-18)13-1-3-14(4-2-13)22-7-9-25(23)10-8-22;12-8-11(6-7-11)13-10(14)9-4-2-1-3-5-9/h1-6,11-12H,7-10H2;9H,1-7H2,(H,13,14). The summed E-state index contributed by atoms with van der Waals surface area (Å²) >= 11 is 0. The highest BCUT2D eigenvalue weighted by Gasteiger charge is 2.45. The van der Waals surface area contributed by atoms with Crippen molar-refractivity contribution in [2.45, 2.75) is 50.5 Å². The van der Waals surface area contributed by atoms with Crippen LogP contribution in [0.3, 0.4) is 0 Å². The molecule has 1 saturated heterocycles. The molecule has 0 unspecified atom stereocenters. The fourth-order valence-electron chi connectivity index (χ4n) is 4.91. The maximum Gasteiger partial charge on any atom is 0.229 e. The van der Waals surface area contributed by atoms with E-state index in [0.29, 0.717) is 22.8 Å². The van der Waals surface area contributed by atoms with E-state index in [2.05, 4.69) is 26.3 Å². The van der Waals surface area contributed by atoms with E-state index in [1.165, 1.54) is 24.9 Å². The Kier molecular flexibility index (Phi) is 8.36. The fourth-order valence-corrected chi connectivity index (χ4v) is 5.96. The Labute approximate surface area is 230 Å². The van der Waals surface area contributed by atoms with Gasteiger partial charge in [-0.25, -0.2) is 9.37 Å². The number of anilines is 1. The number of amides is 1. The molecule has 0 radical (unpaired) electrons. The van der Waals surface area contributed by atoms with Crippen molar-refractivity contribution in [2.75, 3.05) is 29.5 Å². The van der Waals surface area contributed by atoms with Crippen LogP contribution in [0.2, 0.25) is 0 Å². The largest absolute Gasteiger partial charge is 0.444 e. The van der Waals surface area contributed by atoms with Gasteiger partial charge in [-0.2, -0.15) is 5.26 Å². The van der Waals surface area contributed by atoms with Crippen molar-refractivity contribution in [3.05, 3.63) is 54.8 Å². The number of hydrogen-bond acceptors (Lipinski definition) is 7. The smallest absolute Gasteiger partial charge is 0.229 e. The molecule has 2 aliphatic carbocycles. The number of aromatic nitrogens is 2. The summed E-state index contributed by atoms with van der Waals surface area (Å²) in [4.78, 5) is 22.1. The first-order chi connectivity index (χ1) is 19.0. The lowest BCUT2D eigenvalue weighted by molar-refractivity contribution is -0.126. The van der Waals surface area contributed by atoms with Crippen molar-refractivity contribution in [1.82, 2.24) is 15.3 Å². The van der Waals surface area contributed by atoms with Gasteiger partial charge < -0.3 is 14.6 Å². The van der Waals surface area contributed by atoms with Gasteiger partial charge in [0.15, 0.2) is 5.82 Å². The van der Waals surface area contributed by atoms with Crippen LogP contribution in [0.5, 0.6) is 0 Å². The molecule has 3 aliphatic rings. The van der Waals surface area contributed by atoms with Crippen molar-refractivity contribution in [3.8, 4) is 28.8 Å². The number of benzene rings is 1. The molecular weight excluding hydrogens is 517 g/mol. The van der Waals surface area contributed by atoms with Gasteiger partial charge in [-0.1, -0.05) is 31.4 Å². The Bertz CT molecular complexity index is 1350. The van der Waals surface area contributed by atoms with Crippen LogP contribution >= 0.6 is 0 Å². The minimum atomic E-state index is -0.685. The van der Waals surface area contributed by atoms with Crippen LogP contribution < -0.4 is 10.2 Å². The van der Waals surface area contributed by atoms with E-state index in [1.807, 2.05) is 24.3 Å². The summed E-state index contributed by atoms with van der Waals surface area (Å²) in [6, 6.07) is 11.7. The van der Waals surface area contributed by atoms with Crippen molar-refractivity contribution in [3.63, 3.8) is 0 Å². The second-order valence-electron chi connectivity index (χ2n) is 10.3. The van der Waals surface area contributed by atoms with E-state index >= 15 is 0 Å². The van der Waals surface area contributed by atoms with Crippen molar-refractivity contribution < 1.29 is 17.8 Å². The van der Waals surface area contributed by atoms with Crippen molar-refractivity contribution >= 4 is 22.4 Å². The number of halogens is 1. The molecule has 1 aromatic carbocycles. The van der Waals surface area contributed by atoms with Crippen LogP contribution in [0.4, 0.5) is 10.1 Å². The second kappa shape index (κ2) is 12.1. The monoisotopic (exact) mass is 549 g/mol. The average molecular weight is 550 g/mol. The molecule has 0 atom stereocenters. The molecule has 3 heterocycles. The molecule has 1 N–H and O–H groups in total. The zero-order chi connectivity index (χ0) is 27.2. The molecular formula is C29H32FN5O3S. The average Bonchev–Trinajstić information content (AvgIpc) is 3.58. The summed E-state index contributed by atoms with van der Waals surface area (Å²) in [6.07, 6.45) is 11.4. The van der Waals surface area contributed by atoms with Crippen LogP contribution in [0, 0.1) is 23.1 Å². The molecule has 0 bridgehead atoms. The first-order valence-electron chi connectivity index (χ1n) is 13.5. The third-order valence-electron chi connectivity index (χ3n) is 7.52. The number of pyridine rings is 1. The maximum atomic E-state index is 13.8. The lowest BCUT2D eigenvalue weighted by atomic mass is 9.88. The Hall–Kier alpha value is -3.58. The number of carbonyl (C=O) groups excluding carboxylic acids is 1. The maximum absolute atomic E-state index is 13.8. The number of nitrogens with zero attached hydrogens (tertiary/aromatic N) is 4. The predicted molar refractivity (Wildman–Crippen MR) is 148 cm³/mol. The fraction of sp³-hybridized carbons (Fsp3) is 0.448. The van der Waals surface area contributed by atoms with Gasteiger partial charge in [0.05, 0.1) is 17.8 Å². The summed E-state index contributed by atoms with van der Waals surface area (Å²) in [6.45, 7) is 1.61. The molecule has 1 aliphatic heterocycles. The Morgan fingerprint density at radius 1 is 1.13 bits per heavy atom. The van der Waals surface area contributed by atoms with Crippen LogP contribution in [0.25, 0.3) is 22.7 Å². The number of rotatable bonds is 5. The molecule has 3 fully saturated rings. The minimum Gasteiger partial charge on any atom is -0.444 e. The van der Waals surface area contributed by atoms with E-state index in [9.17, 15) is 13.4 Å². The summed E-state index contributed by atoms with van der Waals surface area (Å²) < 4.78 is 30.7. The minimum absolute atomic E-state index is 0.115. The lowest BCUT2D eigenvalue weighted by Crippen LogP contribution is -2.40. The Morgan fingerprint density at radius 2 is 1.85 bits per heavy atom. The van der Waals surface area contributed by atoms with E-state index < -0.39 is 22.2 Å². The normalized spacial score (nSPS) is 18.9. The van der Waals surface area contributed by atoms with Crippen LogP contribution in [-0.2, 0) is 15.6 Å². The molecule has 10 heteroatoms. The zero-order valence-corrected chi connectivity index (χ0v) is 22.6. The van der Waals surface area contributed by atoms with Crippen LogP contribution in [0.1, 0.15) is 44.9 Å². The first kappa shape index (κ1) is 27.0. The number of hydrogen-bond donors (Lipinski definition) is 1. The highest BCUT2D eigenvalue weighted by Crippen LogP contribution is 2.35. The SMILES string of the molecule is N#CC1(NC(=O)C2CCCCC2)CC1.O=S1CCN(c2ccc(-c3coc(-c4ccncc4F)n3)cc2)CC1. The summed E-state index contributed by atoms with van der Waals surface area (Å²) in [5, 5.41) is 11.7. The lowest BCUT2D eigenvalue weighted by Gasteiger charge is -2.28. The van der Waals surface area contributed by atoms with E-state index in [-0.39, 0.29) is 17.7 Å². The van der Waals surface area contributed by atoms with Gasteiger partial charge in [0.2, 0.25) is 11.8 Å². The molecule has 6 rings (SSSR count). The summed E-state index contributed by atoms with van der Waals surface area (Å²) in [7, 11) is -0.685. The van der Waals surface area contributed by atoms with Gasteiger partial charge in [0.1, 0.15) is 17.5 Å². The third kappa shape index (κ3) is 6.71. The van der Waals surface area contributed by atoms with Gasteiger partial charge in [0.25, 0.3) is 0 Å². The summed E-state index contributed by atoms with van der Waals surface area (Å²) in [5.41, 5.74) is 2.46. The zero-order valence-electron chi connectivity index (χ0n) is 21.8. The number of oxazole rings is 1. The highest BCUT2D eigenvalue weighted by atomic mass is 32.2. The van der Waals surface area contributed by atoms with Gasteiger partial charge in [0, 0.05) is 58.8 Å². The number of carbonyl (C=O) groups is 1. The molecule has 39 heavy (non-hydrogen) atoms. The van der Waals surface area contributed by atoms with Crippen LogP contribution in [-0.4, -0.2) is 50.2 Å². The summed E-state index contributed by atoms with van der Waals surface area (Å²) in [5.74, 6) is 1.49. The topological polar surface area (TPSA) is 112 Å². The number of nitriles is 1. The first-order valence-corrected chi connectivity index (χ1v) is 14.9. The quantitative estimate of drug-likeness (QED) is 0.484. The molecule has 2 saturated carbocycles. The molecule has 3 aromatic rings. The highest BCUT2D eigenvalue weighted by molar-refractivity contribution is 7.85. The van der Waals surface area contributed by atoms with E-state index in [1.54, 1.807) is 0 Å². The Morgan fingerprint density at radius 3 is 2.49 bits per heavy atom. The van der Waals surface area contributed by atoms with Gasteiger partial charge in [-0.3, -0.25) is 14.0 Å². The van der Waals surface area contributed by atoms with Crippen LogP contribution in [0.15, 0.2) is 53.4 Å². The molecule has 0 spiro atoms. The molecule has 8 nitrogen and oxygen atoms in total. The molecule has 1 amide bonds. The van der Waals surface area contributed by atoms with Gasteiger partial charge in [-0.15, -0.1) is 0 Å². The predicted octanol–water partition coefficient (Wildman–Crippen LogP) is 4.85.